The van der Waals surface area contributed by atoms with E-state index in [0.717, 1.165) is 27.2 Å². The number of nitrogens with zero attached hydrogens (tertiary/aromatic N) is 1. The highest BCUT2D eigenvalue weighted by atomic mass is 16.5. The lowest BCUT2D eigenvalue weighted by atomic mass is 9.95. The summed E-state index contributed by atoms with van der Waals surface area (Å²) in [4.78, 5) is 51.0. The fourth-order valence-electron chi connectivity index (χ4n) is 4.14. The fraction of sp³-hybridized carbons (Fsp3) is 0.143. The van der Waals surface area contributed by atoms with E-state index in [4.69, 9.17) is 0 Å². The smallest absolute Gasteiger partial charge is 0.337 e. The van der Waals surface area contributed by atoms with Gasteiger partial charge in [0.25, 0.3) is 11.8 Å². The molecule has 0 spiro atoms. The number of hydrogen-bond acceptors (Lipinski definition) is 5. The van der Waals surface area contributed by atoms with Gasteiger partial charge >= 0.3 is 12.0 Å². The molecule has 0 saturated carbocycles. The second kappa shape index (κ2) is 9.77. The first-order chi connectivity index (χ1) is 16.8. The third-order valence-electron chi connectivity index (χ3n) is 5.68. The van der Waals surface area contributed by atoms with Gasteiger partial charge in [-0.3, -0.25) is 14.9 Å². The van der Waals surface area contributed by atoms with Crippen LogP contribution in [0.1, 0.15) is 38.2 Å². The summed E-state index contributed by atoms with van der Waals surface area (Å²) >= 11 is 0. The first-order valence-electron chi connectivity index (χ1n) is 11.0. The number of urea groups is 1. The summed E-state index contributed by atoms with van der Waals surface area (Å²) in [5, 5.41) is 2.23. The standard InChI is InChI=1S/C28H24N2O5/c1-17-12-18(2)14-19(13-17)15-21-6-4-5-7-22(21)16-24-25(31)29-28(34)30(26(24)32)23-10-8-20(9-11-23)27(33)35-3/h4-14,16H,15H2,1-3H3,(H,29,31,34)/b24-16+. The van der Waals surface area contributed by atoms with Gasteiger partial charge in [0.2, 0.25) is 0 Å². The van der Waals surface area contributed by atoms with Crippen LogP contribution in [0.25, 0.3) is 6.08 Å². The number of aryl methyl sites for hydroxylation is 2. The van der Waals surface area contributed by atoms with Crippen molar-refractivity contribution < 1.29 is 23.9 Å². The Hall–Kier alpha value is -4.52. The number of hydrogen-bond donors (Lipinski definition) is 1. The number of carbonyl (C=O) groups excluding carboxylic acids is 4. The van der Waals surface area contributed by atoms with Gasteiger partial charge in [-0.25, -0.2) is 14.5 Å². The minimum Gasteiger partial charge on any atom is -0.465 e. The first-order valence-corrected chi connectivity index (χ1v) is 11.0. The van der Waals surface area contributed by atoms with E-state index in [2.05, 4.69) is 28.3 Å². The van der Waals surface area contributed by atoms with E-state index in [0.29, 0.717) is 12.0 Å². The van der Waals surface area contributed by atoms with Crippen LogP contribution in [0.15, 0.2) is 72.3 Å². The number of nitrogens with one attached hydrogen (secondary N) is 1. The maximum Gasteiger partial charge on any atom is 0.337 e. The van der Waals surface area contributed by atoms with Crippen LogP contribution >= 0.6 is 0 Å². The van der Waals surface area contributed by atoms with Gasteiger partial charge in [-0.2, -0.15) is 0 Å². The molecule has 4 rings (SSSR count). The molecular weight excluding hydrogens is 444 g/mol. The molecule has 1 saturated heterocycles. The Morgan fingerprint density at radius 2 is 1.60 bits per heavy atom. The Bertz CT molecular complexity index is 1350. The van der Waals surface area contributed by atoms with Crippen LogP contribution in [0.5, 0.6) is 0 Å². The Labute approximate surface area is 203 Å². The number of imide groups is 2. The van der Waals surface area contributed by atoms with Gasteiger partial charge in [-0.05, 0) is 67.3 Å². The lowest BCUT2D eigenvalue weighted by Gasteiger charge is -2.26. The molecule has 1 N–H and O–H groups in total. The summed E-state index contributed by atoms with van der Waals surface area (Å²) < 4.78 is 4.68. The van der Waals surface area contributed by atoms with E-state index in [1.54, 1.807) is 0 Å². The topological polar surface area (TPSA) is 92.8 Å². The van der Waals surface area contributed by atoms with E-state index in [-0.39, 0.29) is 16.8 Å². The van der Waals surface area contributed by atoms with Gasteiger partial charge in [-0.1, -0.05) is 53.6 Å². The molecule has 3 aromatic rings. The molecule has 0 aromatic heterocycles. The molecule has 0 atom stereocenters. The lowest BCUT2D eigenvalue weighted by Crippen LogP contribution is -2.54. The average Bonchev–Trinajstić information content (AvgIpc) is 2.82. The number of esters is 1. The normalized spacial score (nSPS) is 14.8. The van der Waals surface area contributed by atoms with E-state index in [1.807, 2.05) is 38.1 Å². The molecular formula is C28H24N2O5. The molecule has 1 aliphatic heterocycles. The molecule has 0 radical (unpaired) electrons. The minimum absolute atomic E-state index is 0.158. The molecule has 176 valence electrons. The second-order valence-electron chi connectivity index (χ2n) is 8.37. The van der Waals surface area contributed by atoms with E-state index < -0.39 is 23.8 Å². The number of anilines is 1. The zero-order chi connectivity index (χ0) is 25.1. The van der Waals surface area contributed by atoms with Crippen molar-refractivity contribution >= 4 is 35.6 Å². The van der Waals surface area contributed by atoms with Crippen molar-refractivity contribution in [1.82, 2.24) is 5.32 Å². The summed E-state index contributed by atoms with van der Waals surface area (Å²) in [6.45, 7) is 4.08. The van der Waals surface area contributed by atoms with Gasteiger partial charge in [0, 0.05) is 0 Å². The summed E-state index contributed by atoms with van der Waals surface area (Å²) in [5.74, 6) is -2.04. The summed E-state index contributed by atoms with van der Waals surface area (Å²) in [7, 11) is 1.26. The van der Waals surface area contributed by atoms with Crippen molar-refractivity contribution in [3.05, 3.63) is 106 Å². The number of rotatable bonds is 5. The number of ether oxygens (including phenoxy) is 1. The summed E-state index contributed by atoms with van der Waals surface area (Å²) in [6, 6.07) is 18.8. The van der Waals surface area contributed by atoms with Crippen molar-refractivity contribution in [2.75, 3.05) is 12.0 Å². The maximum atomic E-state index is 13.3. The molecule has 0 unspecified atom stereocenters. The number of amides is 4. The van der Waals surface area contributed by atoms with Gasteiger partial charge in [-0.15, -0.1) is 0 Å². The third kappa shape index (κ3) is 5.04. The van der Waals surface area contributed by atoms with Crippen LogP contribution in [0.4, 0.5) is 10.5 Å². The van der Waals surface area contributed by atoms with E-state index in [1.165, 1.54) is 37.5 Å². The Balaban J connectivity index is 1.68. The Morgan fingerprint density at radius 3 is 2.26 bits per heavy atom. The number of methoxy groups -OCH3 is 1. The Kier molecular flexibility index (Phi) is 6.59. The molecule has 35 heavy (non-hydrogen) atoms. The van der Waals surface area contributed by atoms with Gasteiger partial charge in [0.05, 0.1) is 18.4 Å². The van der Waals surface area contributed by atoms with Crippen LogP contribution in [0.2, 0.25) is 0 Å². The molecule has 7 heteroatoms. The van der Waals surface area contributed by atoms with Crippen LogP contribution in [0.3, 0.4) is 0 Å². The van der Waals surface area contributed by atoms with Crippen molar-refractivity contribution in [2.24, 2.45) is 0 Å². The zero-order valence-electron chi connectivity index (χ0n) is 19.6. The highest BCUT2D eigenvalue weighted by Crippen LogP contribution is 2.24. The summed E-state index contributed by atoms with van der Waals surface area (Å²) in [5.41, 5.74) is 5.42. The van der Waals surface area contributed by atoms with Crippen molar-refractivity contribution in [3.8, 4) is 0 Å². The van der Waals surface area contributed by atoms with Crippen LogP contribution in [-0.2, 0) is 20.7 Å². The van der Waals surface area contributed by atoms with Crippen molar-refractivity contribution in [1.29, 1.82) is 0 Å². The maximum absolute atomic E-state index is 13.3. The van der Waals surface area contributed by atoms with Crippen molar-refractivity contribution in [3.63, 3.8) is 0 Å². The number of benzene rings is 3. The predicted octanol–water partition coefficient (Wildman–Crippen LogP) is 4.35. The molecule has 1 heterocycles. The quantitative estimate of drug-likeness (QED) is 0.342. The Morgan fingerprint density at radius 1 is 0.943 bits per heavy atom. The van der Waals surface area contributed by atoms with Gasteiger partial charge < -0.3 is 4.74 Å². The molecule has 0 aliphatic carbocycles. The predicted molar refractivity (Wildman–Crippen MR) is 132 cm³/mol. The van der Waals surface area contributed by atoms with Crippen LogP contribution in [-0.4, -0.2) is 30.9 Å². The van der Waals surface area contributed by atoms with Gasteiger partial charge in [0.15, 0.2) is 0 Å². The molecule has 3 aromatic carbocycles. The van der Waals surface area contributed by atoms with E-state index in [9.17, 15) is 19.2 Å². The summed E-state index contributed by atoms with van der Waals surface area (Å²) in [6.07, 6.45) is 2.13. The molecule has 1 fully saturated rings. The minimum atomic E-state index is -0.855. The molecule has 1 aliphatic rings. The average molecular weight is 469 g/mol. The molecule has 0 bridgehead atoms. The van der Waals surface area contributed by atoms with Crippen LogP contribution in [0, 0.1) is 13.8 Å². The number of carbonyl (C=O) groups is 4. The highest BCUT2D eigenvalue weighted by molar-refractivity contribution is 6.39. The first kappa shape index (κ1) is 23.6. The third-order valence-corrected chi connectivity index (χ3v) is 5.68. The second-order valence-corrected chi connectivity index (χ2v) is 8.37. The zero-order valence-corrected chi connectivity index (χ0v) is 19.6. The molecule has 7 nitrogen and oxygen atoms in total. The van der Waals surface area contributed by atoms with Gasteiger partial charge in [0.1, 0.15) is 5.57 Å². The van der Waals surface area contributed by atoms with Crippen molar-refractivity contribution in [2.45, 2.75) is 20.3 Å². The van der Waals surface area contributed by atoms with Crippen LogP contribution < -0.4 is 10.2 Å². The number of barbiturate groups is 1. The lowest BCUT2D eigenvalue weighted by molar-refractivity contribution is -0.122. The molecule has 4 amide bonds. The monoisotopic (exact) mass is 468 g/mol. The van der Waals surface area contributed by atoms with E-state index >= 15 is 0 Å². The highest BCUT2D eigenvalue weighted by Gasteiger charge is 2.37. The SMILES string of the molecule is COC(=O)c1ccc(N2C(=O)NC(=O)/C(=C\c3ccccc3Cc3cc(C)cc(C)c3)C2=O)cc1. The largest absolute Gasteiger partial charge is 0.465 e. The fourth-order valence-corrected chi connectivity index (χ4v) is 4.14.